The Morgan fingerprint density at radius 1 is 1.06 bits per heavy atom. The zero-order valence-electron chi connectivity index (χ0n) is 19.4. The number of rotatable bonds is 8. The molecule has 7 heteroatoms. The number of thioether (sulfide) groups is 1. The Morgan fingerprint density at radius 2 is 1.79 bits per heavy atom. The maximum Gasteiger partial charge on any atom is 0.298 e. The first-order chi connectivity index (χ1) is 16.1. The quantitative estimate of drug-likeness (QED) is 0.476. The van der Waals surface area contributed by atoms with E-state index in [1.165, 1.54) is 21.1 Å². The molecule has 33 heavy (non-hydrogen) atoms. The second-order valence-corrected chi connectivity index (χ2v) is 9.52. The van der Waals surface area contributed by atoms with Gasteiger partial charge in [0, 0.05) is 11.3 Å². The van der Waals surface area contributed by atoms with Gasteiger partial charge in [-0.25, -0.2) is 4.90 Å². The highest BCUT2D eigenvalue weighted by atomic mass is 32.2. The van der Waals surface area contributed by atoms with Crippen molar-refractivity contribution < 1.29 is 19.2 Å². The van der Waals surface area contributed by atoms with Crippen molar-refractivity contribution in [3.05, 3.63) is 64.6 Å². The number of nitrogens with one attached hydrogen (secondary N) is 1. The van der Waals surface area contributed by atoms with Gasteiger partial charge in [-0.1, -0.05) is 49.7 Å². The Labute approximate surface area is 200 Å². The van der Waals surface area contributed by atoms with Crippen molar-refractivity contribution in [2.75, 3.05) is 44.4 Å². The van der Waals surface area contributed by atoms with Gasteiger partial charge in [-0.3, -0.25) is 9.59 Å². The number of hydrogen-bond donors (Lipinski definition) is 1. The molecule has 2 aliphatic heterocycles. The first kappa shape index (κ1) is 23.4. The highest BCUT2D eigenvalue weighted by Gasteiger charge is 2.38. The summed E-state index contributed by atoms with van der Waals surface area (Å²) in [6.45, 7) is 8.92. The number of ether oxygens (including phenoxy) is 1. The van der Waals surface area contributed by atoms with Crippen LogP contribution in [0.3, 0.4) is 0 Å². The van der Waals surface area contributed by atoms with Crippen LogP contribution in [0.1, 0.15) is 30.9 Å². The summed E-state index contributed by atoms with van der Waals surface area (Å²) in [5, 5.41) is -0.190. The Morgan fingerprint density at radius 3 is 2.55 bits per heavy atom. The fraction of sp³-hybridized carbons (Fsp3) is 0.385. The average Bonchev–Trinajstić information content (AvgIpc) is 3.08. The van der Waals surface area contributed by atoms with Crippen molar-refractivity contribution >= 4 is 34.7 Å². The van der Waals surface area contributed by atoms with Gasteiger partial charge in [-0.05, 0) is 48.9 Å². The van der Waals surface area contributed by atoms with Gasteiger partial charge in [0.25, 0.3) is 11.1 Å². The summed E-state index contributed by atoms with van der Waals surface area (Å²) in [6.07, 6.45) is 3.82. The molecule has 174 valence electrons. The lowest BCUT2D eigenvalue weighted by atomic mass is 10.1. The minimum Gasteiger partial charge on any atom is -0.493 e. The summed E-state index contributed by atoms with van der Waals surface area (Å²) in [7, 11) is 0. The molecule has 2 fully saturated rings. The largest absolute Gasteiger partial charge is 0.493 e. The van der Waals surface area contributed by atoms with Gasteiger partial charge >= 0.3 is 0 Å². The molecule has 2 amide bonds. The van der Waals surface area contributed by atoms with Gasteiger partial charge in [0.05, 0.1) is 37.7 Å². The second kappa shape index (κ2) is 10.9. The molecule has 2 aliphatic rings. The molecule has 0 atom stereocenters. The van der Waals surface area contributed by atoms with Crippen LogP contribution in [0.2, 0.25) is 0 Å². The summed E-state index contributed by atoms with van der Waals surface area (Å²) in [6, 6.07) is 16.1. The van der Waals surface area contributed by atoms with E-state index in [9.17, 15) is 9.59 Å². The first-order valence-corrected chi connectivity index (χ1v) is 12.5. The zero-order valence-corrected chi connectivity index (χ0v) is 20.2. The minimum absolute atomic E-state index is 0.190. The van der Waals surface area contributed by atoms with E-state index >= 15 is 0 Å². The average molecular weight is 467 g/mol. The van der Waals surface area contributed by atoms with E-state index in [4.69, 9.17) is 4.74 Å². The second-order valence-electron chi connectivity index (χ2n) is 8.53. The van der Waals surface area contributed by atoms with Crippen molar-refractivity contribution in [3.8, 4) is 5.75 Å². The highest BCUT2D eigenvalue weighted by Crippen LogP contribution is 2.33. The molecule has 0 unspecified atom stereocenters. The number of carbonyl (C=O) groups is 2. The van der Waals surface area contributed by atoms with E-state index in [1.807, 2.05) is 24.3 Å². The fourth-order valence-corrected chi connectivity index (χ4v) is 5.03. The van der Waals surface area contributed by atoms with Crippen molar-refractivity contribution in [1.82, 2.24) is 4.90 Å². The van der Waals surface area contributed by atoms with Gasteiger partial charge in [-0.15, -0.1) is 0 Å². The van der Waals surface area contributed by atoms with Crippen molar-refractivity contribution in [1.29, 1.82) is 0 Å². The van der Waals surface area contributed by atoms with Crippen LogP contribution >= 0.6 is 11.8 Å². The lowest BCUT2D eigenvalue weighted by Gasteiger charge is -2.35. The Balaban J connectivity index is 1.38. The molecule has 0 aliphatic carbocycles. The normalized spacial score (nSPS) is 18.4. The molecular weight excluding hydrogens is 434 g/mol. The number of benzene rings is 2. The number of para-hydroxylation sites is 2. The number of imide groups is 1. The first-order valence-electron chi connectivity index (χ1n) is 11.7. The molecule has 2 aromatic rings. The van der Waals surface area contributed by atoms with Gasteiger partial charge in [0.15, 0.2) is 6.67 Å². The number of anilines is 1. The number of hydrogen-bond acceptors (Lipinski definition) is 5. The van der Waals surface area contributed by atoms with Gasteiger partial charge in [0.1, 0.15) is 5.75 Å². The molecule has 2 aromatic carbocycles. The maximum atomic E-state index is 13.0. The van der Waals surface area contributed by atoms with Crippen LogP contribution in [0.4, 0.5) is 10.5 Å². The zero-order chi connectivity index (χ0) is 23.2. The van der Waals surface area contributed by atoms with Crippen LogP contribution in [0.25, 0.3) is 6.08 Å². The fourth-order valence-electron chi connectivity index (χ4n) is 4.20. The van der Waals surface area contributed by atoms with E-state index in [0.29, 0.717) is 18.2 Å². The van der Waals surface area contributed by atoms with Gasteiger partial charge < -0.3 is 14.5 Å². The monoisotopic (exact) mass is 466 g/mol. The van der Waals surface area contributed by atoms with Crippen LogP contribution < -0.4 is 14.5 Å². The van der Waals surface area contributed by atoms with Crippen LogP contribution in [0.15, 0.2) is 53.4 Å². The third-order valence-electron chi connectivity index (χ3n) is 6.14. The standard InChI is InChI=1S/C26H31N3O3S/c1-3-4-17-32-23-12-8-6-10-21(23)18-24-25(30)29(26(31)33-24)19-27-13-15-28(16-14-27)22-11-7-5-9-20(22)2/h5-12,18H,3-4,13-17,19H2,1-2H3/p+1/b24-18+. The minimum atomic E-state index is -0.206. The summed E-state index contributed by atoms with van der Waals surface area (Å²) in [5.74, 6) is 0.540. The molecule has 4 rings (SSSR count). The predicted octanol–water partition coefficient (Wildman–Crippen LogP) is 3.57. The molecule has 2 saturated heterocycles. The molecule has 0 spiro atoms. The van der Waals surface area contributed by atoms with Gasteiger partial charge in [-0.2, -0.15) is 0 Å². The molecule has 6 nitrogen and oxygen atoms in total. The Kier molecular flexibility index (Phi) is 7.73. The molecular formula is C26H32N3O3S+. The molecule has 2 heterocycles. The number of amides is 2. The maximum absolute atomic E-state index is 13.0. The van der Waals surface area contributed by atoms with E-state index in [-0.39, 0.29) is 11.1 Å². The Bertz CT molecular complexity index is 1030. The lowest BCUT2D eigenvalue weighted by molar-refractivity contribution is -0.907. The number of unbranched alkanes of at least 4 members (excludes halogenated alkanes) is 1. The van der Waals surface area contributed by atoms with Crippen LogP contribution in [0.5, 0.6) is 5.75 Å². The predicted molar refractivity (Wildman–Crippen MR) is 134 cm³/mol. The summed E-state index contributed by atoms with van der Waals surface area (Å²) in [5.41, 5.74) is 3.37. The highest BCUT2D eigenvalue weighted by molar-refractivity contribution is 8.18. The number of carbonyl (C=O) groups excluding carboxylic acids is 2. The number of aryl methyl sites for hydroxylation is 1. The molecule has 0 radical (unpaired) electrons. The number of piperazine rings is 1. The summed E-state index contributed by atoms with van der Waals surface area (Å²) < 4.78 is 5.88. The van der Waals surface area contributed by atoms with Gasteiger partial charge in [0.2, 0.25) is 0 Å². The van der Waals surface area contributed by atoms with Crippen molar-refractivity contribution in [3.63, 3.8) is 0 Å². The van der Waals surface area contributed by atoms with E-state index in [1.54, 1.807) is 6.08 Å². The lowest BCUT2D eigenvalue weighted by Crippen LogP contribution is -3.16. The topological polar surface area (TPSA) is 54.3 Å². The van der Waals surface area contributed by atoms with Crippen molar-refractivity contribution in [2.24, 2.45) is 0 Å². The molecule has 0 aromatic heterocycles. The molecule has 0 bridgehead atoms. The third-order valence-corrected chi connectivity index (χ3v) is 7.05. The summed E-state index contributed by atoms with van der Waals surface area (Å²) in [4.78, 5) is 31.2. The van der Waals surface area contributed by atoms with Crippen LogP contribution in [-0.2, 0) is 4.79 Å². The molecule has 0 saturated carbocycles. The van der Waals surface area contributed by atoms with Crippen molar-refractivity contribution in [2.45, 2.75) is 26.7 Å². The number of quaternary nitrogens is 1. The SMILES string of the molecule is CCCCOc1ccccc1/C=C1/SC(=O)N(C[NH+]2CCN(c3ccccc3C)CC2)C1=O. The molecule has 1 N–H and O–H groups in total. The van der Waals surface area contributed by atoms with E-state index in [0.717, 1.165) is 62.1 Å². The summed E-state index contributed by atoms with van der Waals surface area (Å²) >= 11 is 1.02. The number of nitrogens with zero attached hydrogens (tertiary/aromatic N) is 2. The third kappa shape index (κ3) is 5.60. The van der Waals surface area contributed by atoms with E-state index < -0.39 is 0 Å². The smallest absolute Gasteiger partial charge is 0.298 e. The Hall–Kier alpha value is -2.77. The van der Waals surface area contributed by atoms with Crippen LogP contribution in [-0.4, -0.2) is 55.5 Å². The van der Waals surface area contributed by atoms with Crippen LogP contribution in [0, 0.1) is 6.92 Å². The van der Waals surface area contributed by atoms with E-state index in [2.05, 4.69) is 43.0 Å².